The van der Waals surface area contributed by atoms with Gasteiger partial charge in [0.05, 0.1) is 0 Å². The molecule has 0 aromatic heterocycles. The van der Waals surface area contributed by atoms with Crippen molar-refractivity contribution in [2.45, 2.75) is 12.8 Å². The second-order valence-corrected chi connectivity index (χ2v) is 1.80. The molecule has 1 aliphatic rings. The van der Waals surface area contributed by atoms with Crippen LogP contribution in [0.4, 0.5) is 0 Å². The maximum atomic E-state index is 8.58. The van der Waals surface area contributed by atoms with Gasteiger partial charge in [-0.1, -0.05) is 0 Å². The smallest absolute Gasteiger partial charge is 0.160 e. The van der Waals surface area contributed by atoms with E-state index in [4.69, 9.17) is 10.8 Å². The Hall–Kier alpha value is -0.120. The second-order valence-electron chi connectivity index (χ2n) is 1.80. The summed E-state index contributed by atoms with van der Waals surface area (Å²) in [5.74, 6) is 0. The molecule has 0 aromatic carbocycles. The van der Waals surface area contributed by atoms with E-state index in [2.05, 4.69) is 0 Å². The van der Waals surface area contributed by atoms with Gasteiger partial charge in [0.1, 0.15) is 0 Å². The molecule has 42 valence electrons. The molecule has 1 unspecified atom stereocenters. The Balaban J connectivity index is 2.14. The van der Waals surface area contributed by atoms with Crippen molar-refractivity contribution >= 4 is 0 Å². The third-order valence-electron chi connectivity index (χ3n) is 1.26. The van der Waals surface area contributed by atoms with Crippen molar-refractivity contribution in [3.8, 4) is 0 Å². The van der Waals surface area contributed by atoms with Gasteiger partial charge >= 0.3 is 0 Å². The number of hydrogen-bond acceptors (Lipinski definition) is 3. The van der Waals surface area contributed by atoms with Crippen LogP contribution in [-0.2, 0) is 0 Å². The lowest BCUT2D eigenvalue weighted by Crippen LogP contribution is -2.49. The van der Waals surface area contributed by atoms with Gasteiger partial charge in [-0.05, 0) is 6.42 Å². The maximum Gasteiger partial charge on any atom is 0.160 e. The van der Waals surface area contributed by atoms with Crippen LogP contribution in [-0.4, -0.2) is 29.4 Å². The molecule has 3 heteroatoms. The molecular formula is C4H10N2O. The average molecular weight is 102 g/mol. The second kappa shape index (κ2) is 1.78. The first-order valence-electron chi connectivity index (χ1n) is 2.48. The number of nitrogens with two attached hydrogens (primary N) is 1. The largest absolute Gasteiger partial charge is 0.365 e. The summed E-state index contributed by atoms with van der Waals surface area (Å²) in [6, 6.07) is 0. The first-order valence-corrected chi connectivity index (χ1v) is 2.48. The highest BCUT2D eigenvalue weighted by Gasteiger charge is 2.17. The third-order valence-corrected chi connectivity index (χ3v) is 1.26. The van der Waals surface area contributed by atoms with Gasteiger partial charge in [0.25, 0.3) is 0 Å². The van der Waals surface area contributed by atoms with Crippen LogP contribution in [0.1, 0.15) is 6.42 Å². The van der Waals surface area contributed by atoms with Crippen molar-refractivity contribution in [1.29, 1.82) is 0 Å². The van der Waals surface area contributed by atoms with E-state index < -0.39 is 6.35 Å². The fourth-order valence-corrected chi connectivity index (χ4v) is 0.605. The Morgan fingerprint density at radius 2 is 2.14 bits per heavy atom. The van der Waals surface area contributed by atoms with Gasteiger partial charge in [-0.3, -0.25) is 10.6 Å². The van der Waals surface area contributed by atoms with E-state index in [0.29, 0.717) is 0 Å². The van der Waals surface area contributed by atoms with E-state index in [0.717, 1.165) is 13.1 Å². The Morgan fingerprint density at radius 1 is 1.57 bits per heavy atom. The Kier molecular flexibility index (Phi) is 1.27. The number of rotatable bonds is 1. The fourth-order valence-electron chi connectivity index (χ4n) is 0.605. The number of aliphatic hydroxyl groups excluding tert-OH is 1. The summed E-state index contributed by atoms with van der Waals surface area (Å²) in [6.07, 6.45) is 0.461. The summed E-state index contributed by atoms with van der Waals surface area (Å²) in [4.78, 5) is 1.81. The van der Waals surface area contributed by atoms with Crippen LogP contribution in [0.15, 0.2) is 0 Å². The van der Waals surface area contributed by atoms with Gasteiger partial charge in [0.15, 0.2) is 6.35 Å². The van der Waals surface area contributed by atoms with E-state index in [1.165, 1.54) is 6.42 Å². The predicted octanol–water partition coefficient (Wildman–Crippen LogP) is -1.07. The van der Waals surface area contributed by atoms with E-state index in [-0.39, 0.29) is 0 Å². The van der Waals surface area contributed by atoms with E-state index in [1.807, 2.05) is 0 Å². The third kappa shape index (κ3) is 0.907. The first kappa shape index (κ1) is 5.03. The van der Waals surface area contributed by atoms with E-state index in [1.54, 1.807) is 4.90 Å². The Bertz CT molecular complexity index is 60.7. The van der Waals surface area contributed by atoms with E-state index >= 15 is 0 Å². The first-order chi connectivity index (χ1) is 3.30. The summed E-state index contributed by atoms with van der Waals surface area (Å²) in [5.41, 5.74) is 5.08. The summed E-state index contributed by atoms with van der Waals surface area (Å²) < 4.78 is 0. The molecule has 3 N–H and O–H groups in total. The Morgan fingerprint density at radius 3 is 2.14 bits per heavy atom. The monoisotopic (exact) mass is 102 g/mol. The van der Waals surface area contributed by atoms with E-state index in [9.17, 15) is 0 Å². The van der Waals surface area contributed by atoms with Crippen molar-refractivity contribution in [2.75, 3.05) is 13.1 Å². The highest BCUT2D eigenvalue weighted by atomic mass is 16.3. The Labute approximate surface area is 42.7 Å². The van der Waals surface area contributed by atoms with Crippen molar-refractivity contribution in [3.63, 3.8) is 0 Å². The molecule has 1 aliphatic heterocycles. The molecule has 1 rings (SSSR count). The molecule has 0 bridgehead atoms. The summed E-state index contributed by atoms with van der Waals surface area (Å²) >= 11 is 0. The standard InChI is InChI=1S/C4H10N2O/c5-4(7)6-2-1-3-6/h4,7H,1-3,5H2. The van der Waals surface area contributed by atoms with Crippen LogP contribution in [0.25, 0.3) is 0 Å². The number of hydrogen-bond donors (Lipinski definition) is 2. The molecule has 0 saturated carbocycles. The number of likely N-dealkylation sites (tertiary alicyclic amines) is 1. The van der Waals surface area contributed by atoms with Gasteiger partial charge in [0.2, 0.25) is 0 Å². The van der Waals surface area contributed by atoms with Crippen molar-refractivity contribution < 1.29 is 5.11 Å². The SMILES string of the molecule is NC(O)N1CCC1. The molecule has 0 spiro atoms. The number of nitrogens with zero attached hydrogens (tertiary/aromatic N) is 1. The van der Waals surface area contributed by atoms with Crippen LogP contribution >= 0.6 is 0 Å². The minimum atomic E-state index is -0.714. The van der Waals surface area contributed by atoms with Crippen LogP contribution in [0.2, 0.25) is 0 Å². The zero-order valence-corrected chi connectivity index (χ0v) is 4.17. The maximum absolute atomic E-state index is 8.58. The lowest BCUT2D eigenvalue weighted by Gasteiger charge is -2.32. The predicted molar refractivity (Wildman–Crippen MR) is 26.4 cm³/mol. The van der Waals surface area contributed by atoms with Gasteiger partial charge in [-0.25, -0.2) is 0 Å². The molecule has 1 heterocycles. The fraction of sp³-hybridized carbons (Fsp3) is 1.00. The van der Waals surface area contributed by atoms with Gasteiger partial charge in [-0.2, -0.15) is 0 Å². The average Bonchev–Trinajstić information content (AvgIpc) is 1.23. The summed E-state index contributed by atoms with van der Waals surface area (Å²) in [6.45, 7) is 1.91. The summed E-state index contributed by atoms with van der Waals surface area (Å²) in [5, 5.41) is 8.58. The highest BCUT2D eigenvalue weighted by Crippen LogP contribution is 2.04. The number of aliphatic hydroxyl groups is 1. The van der Waals surface area contributed by atoms with Gasteiger partial charge < -0.3 is 5.11 Å². The molecule has 3 nitrogen and oxygen atoms in total. The zero-order valence-electron chi connectivity index (χ0n) is 4.17. The summed E-state index contributed by atoms with van der Waals surface area (Å²) in [7, 11) is 0. The minimum absolute atomic E-state index is 0.714. The molecule has 0 amide bonds. The minimum Gasteiger partial charge on any atom is -0.365 e. The molecule has 0 radical (unpaired) electrons. The van der Waals surface area contributed by atoms with Crippen LogP contribution < -0.4 is 5.73 Å². The van der Waals surface area contributed by atoms with Crippen molar-refractivity contribution in [1.82, 2.24) is 4.90 Å². The molecule has 1 fully saturated rings. The normalized spacial score (nSPS) is 26.6. The molecule has 7 heavy (non-hydrogen) atoms. The van der Waals surface area contributed by atoms with Crippen LogP contribution in [0.5, 0.6) is 0 Å². The van der Waals surface area contributed by atoms with Crippen molar-refractivity contribution in [3.05, 3.63) is 0 Å². The lowest BCUT2D eigenvalue weighted by molar-refractivity contribution is -0.0292. The van der Waals surface area contributed by atoms with Gasteiger partial charge in [-0.15, -0.1) is 0 Å². The molecular weight excluding hydrogens is 92.1 g/mol. The molecule has 1 atom stereocenters. The zero-order chi connectivity index (χ0) is 5.28. The molecule has 1 saturated heterocycles. The topological polar surface area (TPSA) is 49.5 Å². The molecule has 0 aromatic rings. The molecule has 0 aliphatic carbocycles. The van der Waals surface area contributed by atoms with Gasteiger partial charge in [0, 0.05) is 13.1 Å². The highest BCUT2D eigenvalue weighted by molar-refractivity contribution is 4.67. The lowest BCUT2D eigenvalue weighted by atomic mass is 10.2. The quantitative estimate of drug-likeness (QED) is 0.414. The van der Waals surface area contributed by atoms with Crippen LogP contribution in [0.3, 0.4) is 0 Å². The van der Waals surface area contributed by atoms with Crippen LogP contribution in [0, 0.1) is 0 Å². The van der Waals surface area contributed by atoms with Crippen molar-refractivity contribution in [2.24, 2.45) is 5.73 Å².